The summed E-state index contributed by atoms with van der Waals surface area (Å²) in [5.74, 6) is -1.31. The highest BCUT2D eigenvalue weighted by Gasteiger charge is 2.21. The van der Waals surface area contributed by atoms with Crippen LogP contribution in [-0.2, 0) is 4.79 Å². The van der Waals surface area contributed by atoms with Crippen molar-refractivity contribution in [3.8, 4) is 0 Å². The van der Waals surface area contributed by atoms with Crippen molar-refractivity contribution in [1.29, 1.82) is 0 Å². The molecule has 1 fully saturated rings. The maximum atomic E-state index is 12.2. The van der Waals surface area contributed by atoms with E-state index in [0.29, 0.717) is 5.02 Å². The molecule has 2 rings (SSSR count). The van der Waals surface area contributed by atoms with Gasteiger partial charge in [-0.05, 0) is 37.6 Å². The Balaban J connectivity index is 2.12. The lowest BCUT2D eigenvalue weighted by Crippen LogP contribution is -2.40. The molecule has 0 radical (unpaired) electrons. The molecule has 1 aromatic rings. The molecule has 1 heterocycles. The normalized spacial score (nSPS) is 19.1. The van der Waals surface area contributed by atoms with Crippen molar-refractivity contribution in [3.63, 3.8) is 0 Å². The number of carbonyl (C=O) groups is 2. The number of hydrogen-bond donors (Lipinski definition) is 3. The molecule has 0 spiro atoms. The second-order valence-electron chi connectivity index (χ2n) is 4.84. The van der Waals surface area contributed by atoms with Crippen molar-refractivity contribution in [1.82, 2.24) is 5.32 Å². The largest absolute Gasteiger partial charge is 0.478 e. The van der Waals surface area contributed by atoms with Crippen LogP contribution < -0.4 is 10.6 Å². The highest BCUT2D eigenvalue weighted by atomic mass is 35.5. The number of halogens is 1. The van der Waals surface area contributed by atoms with E-state index in [-0.39, 0.29) is 23.2 Å². The van der Waals surface area contributed by atoms with Gasteiger partial charge < -0.3 is 15.7 Å². The first-order chi connectivity index (χ1) is 9.58. The summed E-state index contributed by atoms with van der Waals surface area (Å²) in [4.78, 5) is 23.3. The third-order valence-electron chi connectivity index (χ3n) is 3.35. The first kappa shape index (κ1) is 14.8. The Hall–Kier alpha value is -1.59. The van der Waals surface area contributed by atoms with E-state index in [4.69, 9.17) is 16.7 Å². The zero-order chi connectivity index (χ0) is 14.5. The van der Waals surface area contributed by atoms with Crippen molar-refractivity contribution in [2.75, 3.05) is 11.9 Å². The summed E-state index contributed by atoms with van der Waals surface area (Å²) in [6.45, 7) is 0.810. The van der Waals surface area contributed by atoms with Gasteiger partial charge >= 0.3 is 5.97 Å². The summed E-state index contributed by atoms with van der Waals surface area (Å²) in [5, 5.41) is 15.3. The maximum absolute atomic E-state index is 12.2. The third kappa shape index (κ3) is 3.71. The second-order valence-corrected chi connectivity index (χ2v) is 5.28. The number of carboxylic acids is 1. The number of carbonyl (C=O) groups excluding carboxylic acids is 1. The minimum atomic E-state index is -1.11. The Bertz CT molecular complexity index is 511. The van der Waals surface area contributed by atoms with Gasteiger partial charge in [-0.1, -0.05) is 24.4 Å². The zero-order valence-electron chi connectivity index (χ0n) is 11.0. The molecule has 1 unspecified atom stereocenters. The molecule has 1 atom stereocenters. The Morgan fingerprint density at radius 1 is 1.30 bits per heavy atom. The summed E-state index contributed by atoms with van der Waals surface area (Å²) in [7, 11) is 0. The minimum absolute atomic E-state index is 0.000489. The molecule has 1 saturated heterocycles. The monoisotopic (exact) mass is 296 g/mol. The summed E-state index contributed by atoms with van der Waals surface area (Å²) >= 11 is 5.78. The van der Waals surface area contributed by atoms with E-state index in [2.05, 4.69) is 10.6 Å². The van der Waals surface area contributed by atoms with Crippen LogP contribution in [0.2, 0.25) is 5.02 Å². The number of aromatic carboxylic acids is 1. The third-order valence-corrected chi connectivity index (χ3v) is 3.58. The fourth-order valence-electron chi connectivity index (χ4n) is 2.27. The molecule has 20 heavy (non-hydrogen) atoms. The number of nitrogens with one attached hydrogen (secondary N) is 2. The summed E-state index contributed by atoms with van der Waals surface area (Å²) in [6.07, 6.45) is 3.93. The fraction of sp³-hybridized carbons (Fsp3) is 0.429. The Morgan fingerprint density at radius 3 is 2.85 bits per heavy atom. The van der Waals surface area contributed by atoms with Crippen LogP contribution in [0.15, 0.2) is 18.2 Å². The van der Waals surface area contributed by atoms with E-state index >= 15 is 0 Å². The van der Waals surface area contributed by atoms with E-state index in [1.807, 2.05) is 0 Å². The van der Waals surface area contributed by atoms with E-state index in [1.165, 1.54) is 12.1 Å². The lowest BCUT2D eigenvalue weighted by atomic mass is 10.1. The maximum Gasteiger partial charge on any atom is 0.337 e. The van der Waals surface area contributed by atoms with E-state index in [0.717, 1.165) is 32.2 Å². The fourth-order valence-corrected chi connectivity index (χ4v) is 2.45. The van der Waals surface area contributed by atoms with Gasteiger partial charge in [0.15, 0.2) is 0 Å². The Morgan fingerprint density at radius 2 is 2.10 bits per heavy atom. The number of hydrogen-bond acceptors (Lipinski definition) is 3. The first-order valence-corrected chi connectivity index (χ1v) is 7.03. The molecule has 0 saturated carbocycles. The smallest absolute Gasteiger partial charge is 0.337 e. The topological polar surface area (TPSA) is 78.4 Å². The van der Waals surface area contributed by atoms with Gasteiger partial charge in [-0.2, -0.15) is 0 Å². The molecule has 0 aliphatic carbocycles. The average molecular weight is 297 g/mol. The minimum Gasteiger partial charge on any atom is -0.478 e. The van der Waals surface area contributed by atoms with Gasteiger partial charge in [-0.3, -0.25) is 4.79 Å². The van der Waals surface area contributed by atoms with Crippen LogP contribution in [0.3, 0.4) is 0 Å². The number of rotatable bonds is 3. The number of benzene rings is 1. The van der Waals surface area contributed by atoms with Gasteiger partial charge in [-0.15, -0.1) is 0 Å². The van der Waals surface area contributed by atoms with Gasteiger partial charge in [0.2, 0.25) is 5.91 Å². The molecule has 108 valence electrons. The predicted octanol–water partition coefficient (Wildman–Crippen LogP) is 2.51. The van der Waals surface area contributed by atoms with Crippen molar-refractivity contribution in [3.05, 3.63) is 28.8 Å². The lowest BCUT2D eigenvalue weighted by Gasteiger charge is -2.16. The molecular formula is C14H17ClN2O3. The zero-order valence-corrected chi connectivity index (χ0v) is 11.7. The van der Waals surface area contributed by atoms with E-state index in [9.17, 15) is 9.59 Å². The summed E-state index contributed by atoms with van der Waals surface area (Å²) in [6, 6.07) is 4.14. The van der Waals surface area contributed by atoms with Crippen LogP contribution in [0.5, 0.6) is 0 Å². The highest BCUT2D eigenvalue weighted by Crippen LogP contribution is 2.21. The average Bonchev–Trinajstić information content (AvgIpc) is 2.69. The molecule has 0 bridgehead atoms. The van der Waals surface area contributed by atoms with Crippen LogP contribution in [0, 0.1) is 0 Å². The van der Waals surface area contributed by atoms with Gasteiger partial charge in [0.25, 0.3) is 0 Å². The van der Waals surface area contributed by atoms with Crippen molar-refractivity contribution < 1.29 is 14.7 Å². The molecule has 1 amide bonds. The van der Waals surface area contributed by atoms with Crippen molar-refractivity contribution in [2.45, 2.75) is 31.7 Å². The van der Waals surface area contributed by atoms with Gasteiger partial charge in [0.05, 0.1) is 17.3 Å². The number of amides is 1. The second kappa shape index (κ2) is 6.72. The molecule has 6 heteroatoms. The SMILES string of the molecule is O=C(O)c1cc(Cl)ccc1NC(=O)C1CCCCCN1. The Labute approximate surface area is 122 Å². The first-order valence-electron chi connectivity index (χ1n) is 6.65. The van der Waals surface area contributed by atoms with Crippen molar-refractivity contribution >= 4 is 29.2 Å². The highest BCUT2D eigenvalue weighted by molar-refractivity contribution is 6.31. The van der Waals surface area contributed by atoms with Crippen LogP contribution in [0.25, 0.3) is 0 Å². The van der Waals surface area contributed by atoms with Crippen molar-refractivity contribution in [2.24, 2.45) is 0 Å². The van der Waals surface area contributed by atoms with E-state index < -0.39 is 5.97 Å². The summed E-state index contributed by atoms with van der Waals surface area (Å²) < 4.78 is 0. The van der Waals surface area contributed by atoms with Crippen LogP contribution in [0.4, 0.5) is 5.69 Å². The van der Waals surface area contributed by atoms with Crippen LogP contribution >= 0.6 is 11.6 Å². The summed E-state index contributed by atoms with van der Waals surface area (Å²) in [5.41, 5.74) is 0.275. The Kier molecular flexibility index (Phi) is 4.98. The van der Waals surface area contributed by atoms with Gasteiger partial charge in [0.1, 0.15) is 0 Å². The standard InChI is InChI=1S/C14H17ClN2O3/c15-9-5-6-11(10(8-9)14(19)20)17-13(18)12-4-2-1-3-7-16-12/h5-6,8,12,16H,1-4,7H2,(H,17,18)(H,19,20). The number of anilines is 1. The molecule has 1 aromatic carbocycles. The predicted molar refractivity (Wildman–Crippen MR) is 77.3 cm³/mol. The van der Waals surface area contributed by atoms with E-state index in [1.54, 1.807) is 6.07 Å². The number of carboxylic acid groups (broad SMARTS) is 1. The molecule has 5 nitrogen and oxygen atoms in total. The lowest BCUT2D eigenvalue weighted by molar-refractivity contribution is -0.118. The molecule has 3 N–H and O–H groups in total. The molecule has 1 aliphatic rings. The van der Waals surface area contributed by atoms with Crippen LogP contribution in [0.1, 0.15) is 36.0 Å². The van der Waals surface area contributed by atoms with Crippen LogP contribution in [-0.4, -0.2) is 29.6 Å². The molecule has 0 aromatic heterocycles. The molecular weight excluding hydrogens is 280 g/mol. The van der Waals surface area contributed by atoms with Gasteiger partial charge in [-0.25, -0.2) is 4.79 Å². The van der Waals surface area contributed by atoms with Gasteiger partial charge in [0, 0.05) is 5.02 Å². The molecule has 1 aliphatic heterocycles. The quantitative estimate of drug-likeness (QED) is 0.801.